The summed E-state index contributed by atoms with van der Waals surface area (Å²) in [6, 6.07) is 8.07. The van der Waals surface area contributed by atoms with E-state index < -0.39 is 0 Å². The fourth-order valence-corrected chi connectivity index (χ4v) is 2.44. The van der Waals surface area contributed by atoms with Gasteiger partial charge in [0.25, 0.3) is 0 Å². The van der Waals surface area contributed by atoms with Crippen molar-refractivity contribution in [1.82, 2.24) is 9.88 Å². The Labute approximate surface area is 130 Å². The fourth-order valence-electron chi connectivity index (χ4n) is 2.44. The predicted octanol–water partition coefficient (Wildman–Crippen LogP) is 3.58. The lowest BCUT2D eigenvalue weighted by Gasteiger charge is -2.21. The van der Waals surface area contributed by atoms with Crippen molar-refractivity contribution >= 4 is 5.91 Å². The molecule has 4 heteroatoms. The molecule has 1 aliphatic rings. The van der Waals surface area contributed by atoms with E-state index in [-0.39, 0.29) is 5.91 Å². The second-order valence-electron chi connectivity index (χ2n) is 5.76. The number of oxazole rings is 1. The van der Waals surface area contributed by atoms with Crippen molar-refractivity contribution in [2.24, 2.45) is 0 Å². The Morgan fingerprint density at radius 1 is 1.41 bits per heavy atom. The molecule has 0 saturated heterocycles. The zero-order chi connectivity index (χ0) is 15.5. The van der Waals surface area contributed by atoms with E-state index in [1.165, 1.54) is 11.6 Å². The van der Waals surface area contributed by atoms with Gasteiger partial charge in [-0.05, 0) is 37.0 Å². The highest BCUT2D eigenvalue weighted by molar-refractivity contribution is 5.86. The first kappa shape index (κ1) is 14.6. The Balaban J connectivity index is 1.75. The highest BCUT2D eigenvalue weighted by Crippen LogP contribution is 2.39. The number of aromatic nitrogens is 1. The van der Waals surface area contributed by atoms with E-state index in [9.17, 15) is 4.79 Å². The maximum absolute atomic E-state index is 12.1. The Morgan fingerprint density at radius 2 is 2.18 bits per heavy atom. The van der Waals surface area contributed by atoms with Crippen molar-refractivity contribution in [2.75, 3.05) is 0 Å². The Bertz CT molecular complexity index is 686. The van der Waals surface area contributed by atoms with Gasteiger partial charge in [-0.1, -0.05) is 30.8 Å². The van der Waals surface area contributed by atoms with Crippen LogP contribution in [-0.4, -0.2) is 15.8 Å². The van der Waals surface area contributed by atoms with Gasteiger partial charge in [-0.3, -0.25) is 4.79 Å². The molecule has 1 aromatic carbocycles. The molecule has 0 N–H and O–H groups in total. The van der Waals surface area contributed by atoms with Crippen molar-refractivity contribution in [3.05, 3.63) is 65.9 Å². The van der Waals surface area contributed by atoms with Gasteiger partial charge >= 0.3 is 0 Å². The molecule has 0 radical (unpaired) electrons. The molecular weight excluding hydrogens is 276 g/mol. The normalized spacial score (nSPS) is 13.9. The minimum absolute atomic E-state index is 0.104. The first-order valence-corrected chi connectivity index (χ1v) is 7.58. The average molecular weight is 296 g/mol. The molecular formula is C18H20N2O2. The lowest BCUT2D eigenvalue weighted by Crippen LogP contribution is -2.28. The first-order chi connectivity index (χ1) is 10.7. The average Bonchev–Trinajstić information content (AvgIpc) is 3.28. The third-order valence-electron chi connectivity index (χ3n) is 3.95. The Kier molecular flexibility index (Phi) is 4.09. The molecule has 1 saturated carbocycles. The SMILES string of the molecule is C=CC(=O)N(Cc1cnc(C2CC2)o1)Cc1ccccc1C. The van der Waals surface area contributed by atoms with Gasteiger partial charge in [-0.25, -0.2) is 4.98 Å². The summed E-state index contributed by atoms with van der Waals surface area (Å²) in [4.78, 5) is 18.2. The number of carbonyl (C=O) groups is 1. The summed E-state index contributed by atoms with van der Waals surface area (Å²) in [5.41, 5.74) is 2.29. The van der Waals surface area contributed by atoms with Crippen molar-refractivity contribution in [3.63, 3.8) is 0 Å². The van der Waals surface area contributed by atoms with Crippen LogP contribution in [0.4, 0.5) is 0 Å². The van der Waals surface area contributed by atoms with Crippen LogP contribution in [0, 0.1) is 6.92 Å². The molecule has 1 heterocycles. The number of hydrogen-bond acceptors (Lipinski definition) is 3. The van der Waals surface area contributed by atoms with Crippen molar-refractivity contribution in [1.29, 1.82) is 0 Å². The Hall–Kier alpha value is -2.36. The zero-order valence-corrected chi connectivity index (χ0v) is 12.8. The van der Waals surface area contributed by atoms with Gasteiger partial charge in [0.2, 0.25) is 5.91 Å². The van der Waals surface area contributed by atoms with Gasteiger partial charge in [0.05, 0.1) is 12.7 Å². The number of aryl methyl sites for hydroxylation is 1. The molecule has 1 aliphatic carbocycles. The molecule has 1 aromatic heterocycles. The van der Waals surface area contributed by atoms with Gasteiger partial charge in [-0.15, -0.1) is 0 Å². The summed E-state index contributed by atoms with van der Waals surface area (Å²) in [6.45, 7) is 6.59. The summed E-state index contributed by atoms with van der Waals surface area (Å²) in [7, 11) is 0. The van der Waals surface area contributed by atoms with Gasteiger partial charge in [-0.2, -0.15) is 0 Å². The minimum Gasteiger partial charge on any atom is -0.444 e. The summed E-state index contributed by atoms with van der Waals surface area (Å²) >= 11 is 0. The number of carbonyl (C=O) groups excluding carboxylic acids is 1. The summed E-state index contributed by atoms with van der Waals surface area (Å²) in [5, 5.41) is 0. The summed E-state index contributed by atoms with van der Waals surface area (Å²) < 4.78 is 5.76. The number of nitrogens with zero attached hydrogens (tertiary/aromatic N) is 2. The van der Waals surface area contributed by atoms with Gasteiger partial charge < -0.3 is 9.32 Å². The first-order valence-electron chi connectivity index (χ1n) is 7.58. The van der Waals surface area contributed by atoms with Gasteiger partial charge in [0.1, 0.15) is 5.76 Å². The zero-order valence-electron chi connectivity index (χ0n) is 12.8. The van der Waals surface area contributed by atoms with E-state index in [1.54, 1.807) is 11.1 Å². The number of rotatable bonds is 6. The maximum atomic E-state index is 12.1. The Morgan fingerprint density at radius 3 is 2.86 bits per heavy atom. The van der Waals surface area contributed by atoms with Crippen LogP contribution < -0.4 is 0 Å². The lowest BCUT2D eigenvalue weighted by molar-refractivity contribution is -0.127. The maximum Gasteiger partial charge on any atom is 0.246 e. The number of amides is 1. The topological polar surface area (TPSA) is 46.3 Å². The summed E-state index contributed by atoms with van der Waals surface area (Å²) in [6.07, 6.45) is 5.38. The standard InChI is InChI=1S/C18H20N2O2/c1-3-17(21)20(11-15-7-5-4-6-13(15)2)12-16-10-19-18(22-16)14-8-9-14/h3-7,10,14H,1,8-9,11-12H2,2H3. The molecule has 0 atom stereocenters. The van der Waals surface area contributed by atoms with Crippen LogP contribution in [0.3, 0.4) is 0 Å². The smallest absolute Gasteiger partial charge is 0.246 e. The van der Waals surface area contributed by atoms with Crippen molar-refractivity contribution in [2.45, 2.75) is 38.8 Å². The third kappa shape index (κ3) is 3.27. The van der Waals surface area contributed by atoms with Gasteiger partial charge in [0.15, 0.2) is 5.89 Å². The van der Waals surface area contributed by atoms with Crippen LogP contribution in [-0.2, 0) is 17.9 Å². The van der Waals surface area contributed by atoms with Crippen LogP contribution in [0.25, 0.3) is 0 Å². The third-order valence-corrected chi connectivity index (χ3v) is 3.95. The highest BCUT2D eigenvalue weighted by atomic mass is 16.4. The highest BCUT2D eigenvalue weighted by Gasteiger charge is 2.28. The van der Waals surface area contributed by atoms with Crippen molar-refractivity contribution < 1.29 is 9.21 Å². The minimum atomic E-state index is -0.104. The van der Waals surface area contributed by atoms with Crippen LogP contribution in [0.5, 0.6) is 0 Å². The molecule has 1 fully saturated rings. The molecule has 22 heavy (non-hydrogen) atoms. The van der Waals surface area contributed by atoms with E-state index in [0.717, 1.165) is 30.1 Å². The van der Waals surface area contributed by atoms with Crippen LogP contribution in [0.1, 0.15) is 41.5 Å². The molecule has 0 bridgehead atoms. The van der Waals surface area contributed by atoms with E-state index in [1.807, 2.05) is 31.2 Å². The predicted molar refractivity (Wildman–Crippen MR) is 84.1 cm³/mol. The van der Waals surface area contributed by atoms with Crippen molar-refractivity contribution in [3.8, 4) is 0 Å². The van der Waals surface area contributed by atoms with E-state index in [0.29, 0.717) is 19.0 Å². The van der Waals surface area contributed by atoms with Crippen LogP contribution in [0.2, 0.25) is 0 Å². The second kappa shape index (κ2) is 6.18. The number of benzene rings is 1. The summed E-state index contributed by atoms with van der Waals surface area (Å²) in [5.74, 6) is 1.91. The van der Waals surface area contributed by atoms with Crippen LogP contribution in [0.15, 0.2) is 47.5 Å². The molecule has 0 spiro atoms. The molecule has 0 unspecified atom stereocenters. The largest absolute Gasteiger partial charge is 0.444 e. The molecule has 1 amide bonds. The monoisotopic (exact) mass is 296 g/mol. The molecule has 114 valence electrons. The molecule has 4 nitrogen and oxygen atoms in total. The number of hydrogen-bond donors (Lipinski definition) is 0. The van der Waals surface area contributed by atoms with E-state index >= 15 is 0 Å². The molecule has 0 aliphatic heterocycles. The lowest BCUT2D eigenvalue weighted by atomic mass is 10.1. The quantitative estimate of drug-likeness (QED) is 0.765. The molecule has 3 rings (SSSR count). The van der Waals surface area contributed by atoms with Crippen LogP contribution >= 0.6 is 0 Å². The van der Waals surface area contributed by atoms with Gasteiger partial charge in [0, 0.05) is 12.5 Å². The molecule has 2 aromatic rings. The van der Waals surface area contributed by atoms with E-state index in [2.05, 4.69) is 11.6 Å². The van der Waals surface area contributed by atoms with E-state index in [4.69, 9.17) is 4.42 Å². The second-order valence-corrected chi connectivity index (χ2v) is 5.76. The fraction of sp³-hybridized carbons (Fsp3) is 0.333.